The lowest BCUT2D eigenvalue weighted by Gasteiger charge is -2.21. The van der Waals surface area contributed by atoms with Gasteiger partial charge in [0.05, 0.1) is 13.7 Å². The minimum atomic E-state index is -0.264. The quantitative estimate of drug-likeness (QED) is 0.530. The molecule has 1 N–H and O–H groups in total. The lowest BCUT2D eigenvalue weighted by Crippen LogP contribution is -2.26. The van der Waals surface area contributed by atoms with Gasteiger partial charge < -0.3 is 14.5 Å². The smallest absolute Gasteiger partial charge is 0.273 e. The lowest BCUT2D eigenvalue weighted by molar-refractivity contribution is 0.0946. The van der Waals surface area contributed by atoms with Gasteiger partial charge in [0, 0.05) is 19.6 Å². The number of amides is 1. The van der Waals surface area contributed by atoms with Crippen LogP contribution < -0.4 is 10.1 Å². The molecular formula is C24H26FN3O3. The minimum Gasteiger partial charge on any atom is -0.497 e. The van der Waals surface area contributed by atoms with Gasteiger partial charge in [-0.2, -0.15) is 0 Å². The predicted molar refractivity (Wildman–Crippen MR) is 114 cm³/mol. The number of halogens is 1. The van der Waals surface area contributed by atoms with E-state index in [1.807, 2.05) is 24.3 Å². The molecule has 1 aromatic heterocycles. The Bertz CT molecular complexity index is 998. The SMILES string of the molecule is COc1ccc(CN(Cc2ccc(F)cc2)Cc2nc(C(=O)NCC3CC3)co2)cc1. The highest BCUT2D eigenvalue weighted by Gasteiger charge is 2.23. The van der Waals surface area contributed by atoms with Crippen molar-refractivity contribution in [3.8, 4) is 5.75 Å². The Labute approximate surface area is 181 Å². The summed E-state index contributed by atoms with van der Waals surface area (Å²) in [6, 6.07) is 14.3. The van der Waals surface area contributed by atoms with Crippen molar-refractivity contribution in [3.05, 3.63) is 83.3 Å². The number of carbonyl (C=O) groups is 1. The van der Waals surface area contributed by atoms with Gasteiger partial charge in [-0.05, 0) is 54.2 Å². The van der Waals surface area contributed by atoms with Crippen molar-refractivity contribution < 1.29 is 18.3 Å². The predicted octanol–water partition coefficient (Wildman–Crippen LogP) is 4.16. The largest absolute Gasteiger partial charge is 0.497 e. The van der Waals surface area contributed by atoms with E-state index < -0.39 is 0 Å². The third-order valence-electron chi connectivity index (χ3n) is 5.28. The van der Waals surface area contributed by atoms with E-state index in [4.69, 9.17) is 9.15 Å². The van der Waals surface area contributed by atoms with Gasteiger partial charge in [0.15, 0.2) is 5.69 Å². The molecule has 1 amide bonds. The first kappa shape index (κ1) is 21.1. The molecule has 1 heterocycles. The molecule has 1 saturated carbocycles. The van der Waals surface area contributed by atoms with Crippen LogP contribution in [-0.4, -0.2) is 29.4 Å². The van der Waals surface area contributed by atoms with Crippen LogP contribution in [0.1, 0.15) is 40.3 Å². The lowest BCUT2D eigenvalue weighted by atomic mass is 10.1. The summed E-state index contributed by atoms with van der Waals surface area (Å²) in [4.78, 5) is 18.8. The fourth-order valence-electron chi connectivity index (χ4n) is 3.33. The van der Waals surface area contributed by atoms with Crippen molar-refractivity contribution in [2.75, 3.05) is 13.7 Å². The molecule has 1 fully saturated rings. The van der Waals surface area contributed by atoms with E-state index in [0.717, 1.165) is 16.9 Å². The number of carbonyl (C=O) groups excluding carboxylic acids is 1. The zero-order valence-corrected chi connectivity index (χ0v) is 17.5. The van der Waals surface area contributed by atoms with Gasteiger partial charge in [0.25, 0.3) is 5.91 Å². The Hall–Kier alpha value is -3.19. The van der Waals surface area contributed by atoms with Gasteiger partial charge in [-0.25, -0.2) is 9.37 Å². The summed E-state index contributed by atoms with van der Waals surface area (Å²) < 4.78 is 24.1. The van der Waals surface area contributed by atoms with E-state index in [-0.39, 0.29) is 11.7 Å². The Kier molecular flexibility index (Phi) is 6.62. The molecule has 7 heteroatoms. The van der Waals surface area contributed by atoms with Gasteiger partial charge in [-0.3, -0.25) is 9.69 Å². The summed E-state index contributed by atoms with van der Waals surface area (Å²) in [5.41, 5.74) is 2.36. The van der Waals surface area contributed by atoms with Crippen molar-refractivity contribution in [1.82, 2.24) is 15.2 Å². The molecule has 6 nitrogen and oxygen atoms in total. The number of aromatic nitrogens is 1. The molecule has 162 valence electrons. The van der Waals surface area contributed by atoms with Crippen LogP contribution in [-0.2, 0) is 19.6 Å². The van der Waals surface area contributed by atoms with Crippen molar-refractivity contribution in [2.45, 2.75) is 32.5 Å². The number of ether oxygens (including phenoxy) is 1. The third kappa shape index (κ3) is 6.15. The van der Waals surface area contributed by atoms with E-state index in [0.29, 0.717) is 43.7 Å². The van der Waals surface area contributed by atoms with E-state index in [9.17, 15) is 9.18 Å². The van der Waals surface area contributed by atoms with Crippen LogP contribution in [0.2, 0.25) is 0 Å². The number of hydrogen-bond acceptors (Lipinski definition) is 5. The Morgan fingerprint density at radius 3 is 2.35 bits per heavy atom. The summed E-state index contributed by atoms with van der Waals surface area (Å²) in [5.74, 6) is 1.39. The molecule has 0 saturated heterocycles. The molecule has 2 aromatic carbocycles. The highest BCUT2D eigenvalue weighted by Crippen LogP contribution is 2.27. The zero-order valence-electron chi connectivity index (χ0n) is 17.5. The summed E-state index contributed by atoms with van der Waals surface area (Å²) in [5, 5.41) is 2.90. The van der Waals surface area contributed by atoms with Crippen LogP contribution in [0.4, 0.5) is 4.39 Å². The van der Waals surface area contributed by atoms with Crippen molar-refractivity contribution in [2.24, 2.45) is 5.92 Å². The monoisotopic (exact) mass is 423 g/mol. The molecule has 0 radical (unpaired) electrons. The summed E-state index contributed by atoms with van der Waals surface area (Å²) in [7, 11) is 1.64. The molecule has 4 rings (SSSR count). The number of benzene rings is 2. The molecule has 0 bridgehead atoms. The molecule has 0 unspecified atom stereocenters. The highest BCUT2D eigenvalue weighted by atomic mass is 19.1. The topological polar surface area (TPSA) is 67.6 Å². The van der Waals surface area contributed by atoms with Crippen LogP contribution in [0.25, 0.3) is 0 Å². The van der Waals surface area contributed by atoms with Crippen LogP contribution in [0.5, 0.6) is 5.75 Å². The molecule has 1 aliphatic rings. The van der Waals surface area contributed by atoms with Gasteiger partial charge in [-0.15, -0.1) is 0 Å². The zero-order chi connectivity index (χ0) is 21.6. The van der Waals surface area contributed by atoms with E-state index in [1.54, 1.807) is 19.2 Å². The second-order valence-electron chi connectivity index (χ2n) is 7.90. The average molecular weight is 423 g/mol. The maximum absolute atomic E-state index is 13.3. The maximum atomic E-state index is 13.3. The molecule has 0 spiro atoms. The van der Waals surface area contributed by atoms with Gasteiger partial charge >= 0.3 is 0 Å². The van der Waals surface area contributed by atoms with Crippen LogP contribution >= 0.6 is 0 Å². The number of hydrogen-bond donors (Lipinski definition) is 1. The number of rotatable bonds is 10. The van der Waals surface area contributed by atoms with Crippen LogP contribution in [0, 0.1) is 11.7 Å². The van der Waals surface area contributed by atoms with Gasteiger partial charge in [-0.1, -0.05) is 24.3 Å². The number of methoxy groups -OCH3 is 1. The second-order valence-corrected chi connectivity index (χ2v) is 7.90. The molecule has 1 aliphatic carbocycles. The Morgan fingerprint density at radius 1 is 1.10 bits per heavy atom. The minimum absolute atomic E-state index is 0.206. The standard InChI is InChI=1S/C24H26FN3O3/c1-30-21-10-6-19(7-11-21)14-28(13-18-4-8-20(25)9-5-18)15-23-27-22(16-31-23)24(29)26-12-17-2-3-17/h4-11,16-17H,2-3,12-15H2,1H3,(H,26,29). The van der Waals surface area contributed by atoms with Gasteiger partial charge in [0.2, 0.25) is 5.89 Å². The van der Waals surface area contributed by atoms with Gasteiger partial charge in [0.1, 0.15) is 17.8 Å². The molecule has 0 atom stereocenters. The highest BCUT2D eigenvalue weighted by molar-refractivity contribution is 5.91. The van der Waals surface area contributed by atoms with E-state index in [1.165, 1.54) is 31.2 Å². The molecule has 0 aliphatic heterocycles. The molecule has 31 heavy (non-hydrogen) atoms. The Morgan fingerprint density at radius 2 is 1.74 bits per heavy atom. The first-order chi connectivity index (χ1) is 15.1. The van der Waals surface area contributed by atoms with Crippen molar-refractivity contribution in [1.29, 1.82) is 0 Å². The first-order valence-electron chi connectivity index (χ1n) is 10.4. The second kappa shape index (κ2) is 9.75. The van der Waals surface area contributed by atoms with Crippen LogP contribution in [0.3, 0.4) is 0 Å². The van der Waals surface area contributed by atoms with E-state index in [2.05, 4.69) is 15.2 Å². The fraction of sp³-hybridized carbons (Fsp3) is 0.333. The normalized spacial score (nSPS) is 13.4. The van der Waals surface area contributed by atoms with Crippen molar-refractivity contribution in [3.63, 3.8) is 0 Å². The van der Waals surface area contributed by atoms with Crippen molar-refractivity contribution >= 4 is 5.91 Å². The van der Waals surface area contributed by atoms with E-state index >= 15 is 0 Å². The summed E-state index contributed by atoms with van der Waals surface area (Å²) in [6.45, 7) is 2.32. The summed E-state index contributed by atoms with van der Waals surface area (Å²) >= 11 is 0. The number of nitrogens with one attached hydrogen (secondary N) is 1. The third-order valence-corrected chi connectivity index (χ3v) is 5.28. The maximum Gasteiger partial charge on any atom is 0.273 e. The summed E-state index contributed by atoms with van der Waals surface area (Å²) in [6.07, 6.45) is 3.75. The molecular weight excluding hydrogens is 397 g/mol. The Balaban J connectivity index is 1.45. The molecule has 3 aromatic rings. The number of oxazole rings is 1. The number of nitrogens with zero attached hydrogens (tertiary/aromatic N) is 2. The average Bonchev–Trinajstić information content (AvgIpc) is 3.50. The first-order valence-corrected chi connectivity index (χ1v) is 10.4. The fourth-order valence-corrected chi connectivity index (χ4v) is 3.33. The van der Waals surface area contributed by atoms with Crippen LogP contribution in [0.15, 0.2) is 59.2 Å².